The Morgan fingerprint density at radius 2 is 1.69 bits per heavy atom. The molecule has 3 aromatic rings. The lowest BCUT2D eigenvalue weighted by Gasteiger charge is -2.19. The Balaban J connectivity index is 1.85. The number of carbonyl (C=O) groups excluding carboxylic acids is 1. The molecule has 0 aromatic heterocycles. The molecule has 0 atom stereocenters. The standard InChI is InChI=1S/C23H17BrN2O3/c1-29-21-5-3-2-4-19(21)22-25-20(14-15-6-8-16(24)9-7-15)23(28)26(22)17-10-12-18(27)13-11-17/h2-14,27H,1H3/b20-14+. The molecule has 6 heteroatoms. The molecule has 0 spiro atoms. The van der Waals surface area contributed by atoms with Crippen LogP contribution in [-0.2, 0) is 4.79 Å². The van der Waals surface area contributed by atoms with E-state index in [1.807, 2.05) is 48.5 Å². The number of phenolic OH excluding ortho intramolecular Hbond substituents is 1. The molecule has 144 valence electrons. The van der Waals surface area contributed by atoms with Gasteiger partial charge in [0.1, 0.15) is 17.2 Å². The molecule has 0 fully saturated rings. The molecule has 4 rings (SSSR count). The van der Waals surface area contributed by atoms with Crippen LogP contribution in [0.4, 0.5) is 5.69 Å². The number of rotatable bonds is 4. The highest BCUT2D eigenvalue weighted by atomic mass is 79.9. The third kappa shape index (κ3) is 3.79. The number of carbonyl (C=O) groups is 1. The minimum atomic E-state index is -0.250. The normalized spacial score (nSPS) is 15.0. The molecular formula is C23H17BrN2O3. The first-order valence-electron chi connectivity index (χ1n) is 8.89. The SMILES string of the molecule is COc1ccccc1C1=N/C(=C/c2ccc(Br)cc2)C(=O)N1c1ccc(O)cc1. The smallest absolute Gasteiger partial charge is 0.282 e. The second kappa shape index (κ2) is 7.93. The van der Waals surface area contributed by atoms with Gasteiger partial charge in [-0.3, -0.25) is 9.69 Å². The molecule has 0 aliphatic carbocycles. The number of hydrogen-bond donors (Lipinski definition) is 1. The number of benzene rings is 3. The minimum absolute atomic E-state index is 0.127. The second-order valence-corrected chi connectivity index (χ2v) is 7.29. The first-order valence-corrected chi connectivity index (χ1v) is 9.69. The number of hydrogen-bond acceptors (Lipinski definition) is 4. The number of para-hydroxylation sites is 1. The van der Waals surface area contributed by atoms with Gasteiger partial charge in [-0.15, -0.1) is 0 Å². The van der Waals surface area contributed by atoms with E-state index < -0.39 is 0 Å². The van der Waals surface area contributed by atoms with E-state index in [9.17, 15) is 9.90 Å². The zero-order valence-corrected chi connectivity index (χ0v) is 17.1. The molecule has 0 radical (unpaired) electrons. The summed E-state index contributed by atoms with van der Waals surface area (Å²) in [5.74, 6) is 0.968. The molecule has 1 aliphatic heterocycles. The van der Waals surface area contributed by atoms with Gasteiger partial charge in [-0.1, -0.05) is 40.2 Å². The Hall–Kier alpha value is -3.38. The maximum Gasteiger partial charge on any atom is 0.282 e. The maximum absolute atomic E-state index is 13.3. The largest absolute Gasteiger partial charge is 0.508 e. The molecular weight excluding hydrogens is 432 g/mol. The quantitative estimate of drug-likeness (QED) is 0.571. The molecule has 29 heavy (non-hydrogen) atoms. The summed E-state index contributed by atoms with van der Waals surface area (Å²) in [5.41, 5.74) is 2.50. The summed E-state index contributed by atoms with van der Waals surface area (Å²) >= 11 is 3.41. The molecule has 0 saturated heterocycles. The van der Waals surface area contributed by atoms with Gasteiger partial charge in [0.25, 0.3) is 5.91 Å². The third-order valence-corrected chi connectivity index (χ3v) is 5.02. The van der Waals surface area contributed by atoms with Crippen LogP contribution >= 0.6 is 15.9 Å². The van der Waals surface area contributed by atoms with Crippen molar-refractivity contribution < 1.29 is 14.6 Å². The molecule has 1 aliphatic rings. The summed E-state index contributed by atoms with van der Waals surface area (Å²) in [6, 6.07) is 21.5. The van der Waals surface area contributed by atoms with Crippen LogP contribution in [0.3, 0.4) is 0 Å². The summed E-state index contributed by atoms with van der Waals surface area (Å²) in [6.45, 7) is 0. The van der Waals surface area contributed by atoms with Crippen molar-refractivity contribution in [2.24, 2.45) is 4.99 Å². The molecule has 3 aromatic carbocycles. The summed E-state index contributed by atoms with van der Waals surface area (Å²) in [6.07, 6.45) is 1.75. The van der Waals surface area contributed by atoms with E-state index in [2.05, 4.69) is 20.9 Å². The number of halogens is 1. The van der Waals surface area contributed by atoms with Gasteiger partial charge in [-0.2, -0.15) is 0 Å². The van der Waals surface area contributed by atoms with Crippen molar-refractivity contribution in [1.82, 2.24) is 0 Å². The highest BCUT2D eigenvalue weighted by Crippen LogP contribution is 2.32. The molecule has 0 bridgehead atoms. The van der Waals surface area contributed by atoms with Gasteiger partial charge in [-0.25, -0.2) is 4.99 Å². The predicted octanol–water partition coefficient (Wildman–Crippen LogP) is 5.00. The molecule has 5 nitrogen and oxygen atoms in total. The van der Waals surface area contributed by atoms with E-state index in [1.165, 1.54) is 4.90 Å². The number of anilines is 1. The van der Waals surface area contributed by atoms with Crippen LogP contribution in [0.1, 0.15) is 11.1 Å². The van der Waals surface area contributed by atoms with Crippen molar-refractivity contribution >= 4 is 39.4 Å². The molecule has 1 N–H and O–H groups in total. The van der Waals surface area contributed by atoms with Crippen molar-refractivity contribution in [2.45, 2.75) is 0 Å². The Bertz CT molecular complexity index is 1120. The number of nitrogens with zero attached hydrogens (tertiary/aromatic N) is 2. The second-order valence-electron chi connectivity index (χ2n) is 6.37. The first kappa shape index (κ1) is 19.0. The fourth-order valence-electron chi connectivity index (χ4n) is 3.08. The minimum Gasteiger partial charge on any atom is -0.508 e. The summed E-state index contributed by atoms with van der Waals surface area (Å²) < 4.78 is 6.44. The average molecular weight is 449 g/mol. The van der Waals surface area contributed by atoms with Crippen molar-refractivity contribution in [3.63, 3.8) is 0 Å². The fraction of sp³-hybridized carbons (Fsp3) is 0.0435. The van der Waals surface area contributed by atoms with Crippen LogP contribution in [-0.4, -0.2) is 24.0 Å². The van der Waals surface area contributed by atoms with Crippen LogP contribution in [0.25, 0.3) is 6.08 Å². The van der Waals surface area contributed by atoms with Crippen molar-refractivity contribution in [3.05, 3.63) is 94.1 Å². The Labute approximate surface area is 176 Å². The molecule has 1 amide bonds. The van der Waals surface area contributed by atoms with Gasteiger partial charge in [0, 0.05) is 4.47 Å². The van der Waals surface area contributed by atoms with Gasteiger partial charge in [-0.05, 0) is 60.2 Å². The zero-order valence-electron chi connectivity index (χ0n) is 15.5. The lowest BCUT2D eigenvalue weighted by atomic mass is 10.1. The van der Waals surface area contributed by atoms with E-state index >= 15 is 0 Å². The van der Waals surface area contributed by atoms with Crippen LogP contribution in [0.2, 0.25) is 0 Å². The van der Waals surface area contributed by atoms with Crippen LogP contribution in [0.5, 0.6) is 11.5 Å². The van der Waals surface area contributed by atoms with E-state index in [0.29, 0.717) is 28.5 Å². The molecule has 1 heterocycles. The fourth-order valence-corrected chi connectivity index (χ4v) is 3.35. The monoisotopic (exact) mass is 448 g/mol. The number of phenols is 1. The van der Waals surface area contributed by atoms with Gasteiger partial charge in [0.2, 0.25) is 0 Å². The van der Waals surface area contributed by atoms with E-state index in [1.54, 1.807) is 37.5 Å². The van der Waals surface area contributed by atoms with Crippen LogP contribution in [0, 0.1) is 0 Å². The van der Waals surface area contributed by atoms with E-state index in [0.717, 1.165) is 10.0 Å². The van der Waals surface area contributed by atoms with Crippen molar-refractivity contribution in [2.75, 3.05) is 12.0 Å². The average Bonchev–Trinajstić information content (AvgIpc) is 3.06. The van der Waals surface area contributed by atoms with Crippen LogP contribution in [0.15, 0.2) is 88.0 Å². The number of ether oxygens (including phenoxy) is 1. The lowest BCUT2D eigenvalue weighted by molar-refractivity contribution is -0.113. The number of amidine groups is 1. The Morgan fingerprint density at radius 1 is 1.00 bits per heavy atom. The van der Waals surface area contributed by atoms with Gasteiger partial charge in [0.05, 0.1) is 18.4 Å². The Kier molecular flexibility index (Phi) is 5.18. The third-order valence-electron chi connectivity index (χ3n) is 4.49. The highest BCUT2D eigenvalue weighted by Gasteiger charge is 2.33. The molecule has 0 unspecified atom stereocenters. The van der Waals surface area contributed by atoms with E-state index in [4.69, 9.17) is 4.74 Å². The number of methoxy groups -OCH3 is 1. The number of aromatic hydroxyl groups is 1. The first-order chi connectivity index (χ1) is 14.1. The van der Waals surface area contributed by atoms with E-state index in [-0.39, 0.29) is 11.7 Å². The maximum atomic E-state index is 13.3. The lowest BCUT2D eigenvalue weighted by Crippen LogP contribution is -2.32. The van der Waals surface area contributed by atoms with Crippen LogP contribution < -0.4 is 9.64 Å². The Morgan fingerprint density at radius 3 is 2.38 bits per heavy atom. The highest BCUT2D eigenvalue weighted by molar-refractivity contribution is 9.10. The topological polar surface area (TPSA) is 62.1 Å². The van der Waals surface area contributed by atoms with Crippen molar-refractivity contribution in [1.29, 1.82) is 0 Å². The van der Waals surface area contributed by atoms with Gasteiger partial charge >= 0.3 is 0 Å². The zero-order chi connectivity index (χ0) is 20.4. The summed E-state index contributed by atoms with van der Waals surface area (Å²) in [4.78, 5) is 19.5. The summed E-state index contributed by atoms with van der Waals surface area (Å²) in [5, 5.41) is 9.63. The van der Waals surface area contributed by atoms with Crippen molar-refractivity contribution in [3.8, 4) is 11.5 Å². The number of aliphatic imine (C=N–C) groups is 1. The predicted molar refractivity (Wildman–Crippen MR) is 117 cm³/mol. The molecule has 0 saturated carbocycles. The summed E-state index contributed by atoms with van der Waals surface area (Å²) in [7, 11) is 1.58. The van der Waals surface area contributed by atoms with Gasteiger partial charge < -0.3 is 9.84 Å². The van der Waals surface area contributed by atoms with Gasteiger partial charge in [0.15, 0.2) is 5.84 Å². The number of amides is 1.